The van der Waals surface area contributed by atoms with Gasteiger partial charge < -0.3 is 15.0 Å². The molecule has 0 radical (unpaired) electrons. The molecule has 0 saturated carbocycles. The van der Waals surface area contributed by atoms with Crippen molar-refractivity contribution < 1.29 is 9.53 Å². The predicted octanol–water partition coefficient (Wildman–Crippen LogP) is 3.98. The summed E-state index contributed by atoms with van der Waals surface area (Å²) in [5, 5.41) is 3.06. The third-order valence-electron chi connectivity index (χ3n) is 5.87. The van der Waals surface area contributed by atoms with Crippen LogP contribution >= 0.6 is 0 Å². The molecule has 2 aliphatic rings. The minimum Gasteiger partial charge on any atom is -0.381 e. The summed E-state index contributed by atoms with van der Waals surface area (Å²) in [6.07, 6.45) is 2.10. The second-order valence-electron chi connectivity index (χ2n) is 7.89. The first-order valence-electron chi connectivity index (χ1n) is 9.90. The lowest BCUT2D eigenvalue weighted by Gasteiger charge is -2.18. The number of anilines is 1. The Hall–Kier alpha value is -2.33. The van der Waals surface area contributed by atoms with Crippen LogP contribution in [0.25, 0.3) is 0 Å². The van der Waals surface area contributed by atoms with Crippen LogP contribution in [0, 0.1) is 19.8 Å². The van der Waals surface area contributed by atoms with E-state index in [9.17, 15) is 4.79 Å². The van der Waals surface area contributed by atoms with Gasteiger partial charge >= 0.3 is 0 Å². The highest BCUT2D eigenvalue weighted by Gasteiger charge is 2.21. The van der Waals surface area contributed by atoms with E-state index < -0.39 is 0 Å². The van der Waals surface area contributed by atoms with E-state index in [0.29, 0.717) is 12.5 Å². The Morgan fingerprint density at radius 3 is 2.56 bits per heavy atom. The molecular formula is C23H28N2O2. The molecule has 142 valence electrons. The molecule has 1 atom stereocenters. The Morgan fingerprint density at radius 1 is 1.15 bits per heavy atom. The van der Waals surface area contributed by atoms with E-state index in [2.05, 4.69) is 42.3 Å². The highest BCUT2D eigenvalue weighted by Crippen LogP contribution is 2.30. The van der Waals surface area contributed by atoms with Gasteiger partial charge in [0.1, 0.15) is 0 Å². The third kappa shape index (κ3) is 4.01. The molecule has 0 aliphatic carbocycles. The molecule has 0 aromatic heterocycles. The van der Waals surface area contributed by atoms with Crippen LogP contribution < -0.4 is 10.2 Å². The number of amides is 1. The number of ether oxygens (including phenoxy) is 1. The van der Waals surface area contributed by atoms with Crippen LogP contribution in [0.4, 0.5) is 5.69 Å². The molecule has 4 nitrogen and oxygen atoms in total. The van der Waals surface area contributed by atoms with Crippen molar-refractivity contribution in [3.05, 3.63) is 64.2 Å². The van der Waals surface area contributed by atoms with Crippen molar-refractivity contribution in [1.29, 1.82) is 0 Å². The number of nitrogens with zero attached hydrogens (tertiary/aromatic N) is 1. The number of hydrogen-bond acceptors (Lipinski definition) is 3. The highest BCUT2D eigenvalue weighted by atomic mass is 16.5. The van der Waals surface area contributed by atoms with Gasteiger partial charge in [0.25, 0.3) is 5.91 Å². The van der Waals surface area contributed by atoms with E-state index in [1.165, 1.54) is 22.3 Å². The van der Waals surface area contributed by atoms with Crippen molar-refractivity contribution in [3.8, 4) is 0 Å². The highest BCUT2D eigenvalue weighted by molar-refractivity contribution is 5.95. The molecular weight excluding hydrogens is 336 g/mol. The van der Waals surface area contributed by atoms with Gasteiger partial charge in [-0.25, -0.2) is 0 Å². The average molecular weight is 364 g/mol. The van der Waals surface area contributed by atoms with Gasteiger partial charge in [-0.3, -0.25) is 4.79 Å². The molecule has 4 heteroatoms. The zero-order valence-electron chi connectivity index (χ0n) is 16.3. The maximum atomic E-state index is 12.5. The van der Waals surface area contributed by atoms with E-state index in [0.717, 1.165) is 50.4 Å². The Labute approximate surface area is 161 Å². The molecule has 2 aliphatic heterocycles. The molecule has 1 N–H and O–H groups in total. The second kappa shape index (κ2) is 7.73. The molecule has 1 fully saturated rings. The van der Waals surface area contributed by atoms with Crippen LogP contribution in [0.15, 0.2) is 36.4 Å². The number of carbonyl (C=O) groups is 1. The summed E-state index contributed by atoms with van der Waals surface area (Å²) in [6, 6.07) is 12.6. The summed E-state index contributed by atoms with van der Waals surface area (Å²) in [5.41, 5.74) is 7.32. The number of hydrogen-bond donors (Lipinski definition) is 1. The lowest BCUT2D eigenvalue weighted by Crippen LogP contribution is -2.26. The van der Waals surface area contributed by atoms with Gasteiger partial charge in [0.2, 0.25) is 0 Å². The third-order valence-corrected chi connectivity index (χ3v) is 5.87. The zero-order valence-corrected chi connectivity index (χ0v) is 16.3. The Kier molecular flexibility index (Phi) is 5.17. The first-order valence-corrected chi connectivity index (χ1v) is 9.90. The smallest absolute Gasteiger partial charge is 0.251 e. The van der Waals surface area contributed by atoms with Crippen molar-refractivity contribution in [3.63, 3.8) is 0 Å². The van der Waals surface area contributed by atoms with Crippen LogP contribution in [0.5, 0.6) is 0 Å². The van der Waals surface area contributed by atoms with Crippen molar-refractivity contribution in [2.75, 3.05) is 24.7 Å². The monoisotopic (exact) mass is 364 g/mol. The molecule has 0 spiro atoms. The van der Waals surface area contributed by atoms with Gasteiger partial charge in [0.15, 0.2) is 0 Å². The van der Waals surface area contributed by atoms with E-state index in [1.54, 1.807) is 0 Å². The fourth-order valence-corrected chi connectivity index (χ4v) is 4.03. The number of carbonyl (C=O) groups excluding carboxylic acids is 1. The van der Waals surface area contributed by atoms with E-state index in [4.69, 9.17) is 4.74 Å². The minimum atomic E-state index is 0.0131. The van der Waals surface area contributed by atoms with Crippen molar-refractivity contribution >= 4 is 11.6 Å². The summed E-state index contributed by atoms with van der Waals surface area (Å²) < 4.78 is 5.40. The number of aryl methyl sites for hydroxylation is 2. The first-order chi connectivity index (χ1) is 13.1. The molecule has 27 heavy (non-hydrogen) atoms. The van der Waals surface area contributed by atoms with Crippen molar-refractivity contribution in [1.82, 2.24) is 5.32 Å². The standard InChI is InChI=1S/C23H28N2O2/c1-16-10-20-13-25(14-21(20)11-17(16)2)22-5-3-4-19(12-22)23(26)24-8-6-18-7-9-27-15-18/h3-5,10-12,18H,6-9,13-15H2,1-2H3,(H,24,26)/t18-/m0/s1. The van der Waals surface area contributed by atoms with Crippen LogP contribution in [-0.4, -0.2) is 25.7 Å². The quantitative estimate of drug-likeness (QED) is 0.872. The second-order valence-corrected chi connectivity index (χ2v) is 7.89. The molecule has 4 rings (SSSR count). The van der Waals surface area contributed by atoms with Crippen molar-refractivity contribution in [2.45, 2.75) is 39.8 Å². The molecule has 1 amide bonds. The molecule has 0 unspecified atom stereocenters. The number of nitrogens with one attached hydrogen (secondary N) is 1. The Balaban J connectivity index is 1.39. The lowest BCUT2D eigenvalue weighted by atomic mass is 10.0. The van der Waals surface area contributed by atoms with E-state index >= 15 is 0 Å². The summed E-state index contributed by atoms with van der Waals surface area (Å²) >= 11 is 0. The zero-order chi connectivity index (χ0) is 18.8. The summed E-state index contributed by atoms with van der Waals surface area (Å²) in [5.74, 6) is 0.603. The normalized spacial score (nSPS) is 18.6. The maximum Gasteiger partial charge on any atom is 0.251 e. The van der Waals surface area contributed by atoms with Crippen LogP contribution in [0.1, 0.15) is 45.5 Å². The van der Waals surface area contributed by atoms with Gasteiger partial charge in [-0.2, -0.15) is 0 Å². The largest absolute Gasteiger partial charge is 0.381 e. The number of benzene rings is 2. The average Bonchev–Trinajstić information content (AvgIpc) is 3.32. The summed E-state index contributed by atoms with van der Waals surface area (Å²) in [6.45, 7) is 8.55. The molecule has 2 heterocycles. The van der Waals surface area contributed by atoms with Crippen LogP contribution in [0.3, 0.4) is 0 Å². The SMILES string of the molecule is Cc1cc2c(cc1C)CN(c1cccc(C(=O)NCC[C@H]3CCOC3)c1)C2. The summed E-state index contributed by atoms with van der Waals surface area (Å²) in [4.78, 5) is 14.9. The van der Waals surface area contributed by atoms with E-state index in [-0.39, 0.29) is 5.91 Å². The lowest BCUT2D eigenvalue weighted by molar-refractivity contribution is 0.0950. The fraction of sp³-hybridized carbons (Fsp3) is 0.435. The number of rotatable bonds is 5. The molecule has 2 aromatic rings. The van der Waals surface area contributed by atoms with Gasteiger partial charge in [-0.15, -0.1) is 0 Å². The Morgan fingerprint density at radius 2 is 1.89 bits per heavy atom. The molecule has 0 bridgehead atoms. The van der Waals surface area contributed by atoms with Crippen LogP contribution in [-0.2, 0) is 17.8 Å². The van der Waals surface area contributed by atoms with Gasteiger partial charge in [-0.05, 0) is 73.1 Å². The summed E-state index contributed by atoms with van der Waals surface area (Å²) in [7, 11) is 0. The maximum absolute atomic E-state index is 12.5. The van der Waals surface area contributed by atoms with Gasteiger partial charge in [0.05, 0.1) is 0 Å². The topological polar surface area (TPSA) is 41.6 Å². The fourth-order valence-electron chi connectivity index (χ4n) is 4.03. The molecule has 1 saturated heterocycles. The minimum absolute atomic E-state index is 0.0131. The number of fused-ring (bicyclic) bond motifs is 1. The van der Waals surface area contributed by atoms with Gasteiger partial charge in [0, 0.05) is 44.1 Å². The molecule has 2 aromatic carbocycles. The Bertz CT molecular complexity index is 809. The van der Waals surface area contributed by atoms with E-state index in [1.807, 2.05) is 18.2 Å². The predicted molar refractivity (Wildman–Crippen MR) is 108 cm³/mol. The van der Waals surface area contributed by atoms with Crippen molar-refractivity contribution in [2.24, 2.45) is 5.92 Å². The first kappa shape index (κ1) is 18.1. The van der Waals surface area contributed by atoms with Gasteiger partial charge in [-0.1, -0.05) is 18.2 Å². The van der Waals surface area contributed by atoms with Crippen LogP contribution in [0.2, 0.25) is 0 Å².